The summed E-state index contributed by atoms with van der Waals surface area (Å²) in [5, 5.41) is 10.6. The van der Waals surface area contributed by atoms with E-state index in [0.717, 1.165) is 28.6 Å². The molecule has 31 heavy (non-hydrogen) atoms. The van der Waals surface area contributed by atoms with E-state index in [9.17, 15) is 28.1 Å². The van der Waals surface area contributed by atoms with Crippen molar-refractivity contribution in [1.82, 2.24) is 4.31 Å². The van der Waals surface area contributed by atoms with E-state index in [1.54, 1.807) is 6.08 Å². The fourth-order valence-electron chi connectivity index (χ4n) is 3.65. The van der Waals surface area contributed by atoms with Crippen LogP contribution in [0.2, 0.25) is 18.1 Å². The number of fused-ring (bicyclic) bond motifs is 2. The minimum atomic E-state index is -4.26. The van der Waals surface area contributed by atoms with Crippen molar-refractivity contribution in [2.24, 2.45) is 0 Å². The van der Waals surface area contributed by atoms with Gasteiger partial charge in [0.15, 0.2) is 14.1 Å². The lowest BCUT2D eigenvalue weighted by Gasteiger charge is -2.48. The molecule has 1 fully saturated rings. The van der Waals surface area contributed by atoms with Crippen LogP contribution in [0.3, 0.4) is 0 Å². The fourth-order valence-corrected chi connectivity index (χ4v) is 6.74. The molecule has 0 amide bonds. The molecule has 0 spiro atoms. The van der Waals surface area contributed by atoms with Gasteiger partial charge in [-0.3, -0.25) is 14.9 Å². The summed E-state index contributed by atoms with van der Waals surface area (Å²) in [4.78, 5) is 35.4. The molecule has 3 atom stereocenters. The van der Waals surface area contributed by atoms with Crippen LogP contribution in [-0.2, 0) is 24.0 Å². The third-order valence-corrected chi connectivity index (χ3v) is 12.8. The SMILES string of the molecule is CC(C)(C)[Si](C)(C)O[C@@H]1C(=O)C[C@@H]2C=C[C@@]1(C=O)N2S(=O)(=O)c1ccc([N+](=O)[O-])cc1. The van der Waals surface area contributed by atoms with Crippen molar-refractivity contribution in [3.63, 3.8) is 0 Å². The number of ketones is 1. The van der Waals surface area contributed by atoms with Crippen molar-refractivity contribution in [2.75, 3.05) is 0 Å². The predicted molar refractivity (Wildman–Crippen MR) is 116 cm³/mol. The second-order valence-electron chi connectivity index (χ2n) is 9.41. The molecule has 0 aliphatic carbocycles. The molecule has 1 aromatic rings. The van der Waals surface area contributed by atoms with Gasteiger partial charge in [-0.15, -0.1) is 0 Å². The zero-order valence-corrected chi connectivity index (χ0v) is 19.9. The van der Waals surface area contributed by atoms with Gasteiger partial charge in [0.1, 0.15) is 17.9 Å². The first-order valence-corrected chi connectivity index (χ1v) is 14.2. The number of sulfonamides is 1. The molecule has 168 valence electrons. The van der Waals surface area contributed by atoms with Crippen LogP contribution in [0.25, 0.3) is 0 Å². The van der Waals surface area contributed by atoms with Crippen LogP contribution in [0, 0.1) is 10.1 Å². The Hall–Kier alpha value is -2.21. The number of carbonyl (C=O) groups excluding carboxylic acids is 2. The van der Waals surface area contributed by atoms with E-state index in [1.165, 1.54) is 6.08 Å². The number of piperidine rings is 1. The van der Waals surface area contributed by atoms with E-state index in [1.807, 2.05) is 33.9 Å². The molecule has 1 saturated heterocycles. The first kappa shape index (κ1) is 23.5. The van der Waals surface area contributed by atoms with Crippen LogP contribution in [-0.4, -0.2) is 55.7 Å². The van der Waals surface area contributed by atoms with Gasteiger partial charge < -0.3 is 9.22 Å². The molecule has 0 N–H and O–H groups in total. The number of nitrogens with zero attached hydrogens (tertiary/aromatic N) is 2. The molecule has 3 rings (SSSR count). The van der Waals surface area contributed by atoms with Gasteiger partial charge >= 0.3 is 0 Å². The molecule has 0 radical (unpaired) electrons. The molecule has 2 bridgehead atoms. The number of hydrogen-bond acceptors (Lipinski definition) is 7. The molecule has 0 aromatic heterocycles. The van der Waals surface area contributed by atoms with Crippen LogP contribution in [0.15, 0.2) is 41.3 Å². The van der Waals surface area contributed by atoms with E-state index >= 15 is 0 Å². The van der Waals surface area contributed by atoms with E-state index in [4.69, 9.17) is 4.43 Å². The van der Waals surface area contributed by atoms with Gasteiger partial charge in [-0.1, -0.05) is 32.9 Å². The first-order valence-electron chi connectivity index (χ1n) is 9.82. The summed E-state index contributed by atoms with van der Waals surface area (Å²) in [5.74, 6) is -0.318. The van der Waals surface area contributed by atoms with Crippen molar-refractivity contribution >= 4 is 36.1 Å². The maximum absolute atomic E-state index is 13.5. The second kappa shape index (κ2) is 7.43. The molecule has 0 saturated carbocycles. The molecule has 2 aliphatic rings. The van der Waals surface area contributed by atoms with E-state index in [2.05, 4.69) is 0 Å². The van der Waals surface area contributed by atoms with Crippen LogP contribution >= 0.6 is 0 Å². The number of nitro groups is 1. The minimum absolute atomic E-state index is 0.114. The first-order chi connectivity index (χ1) is 14.2. The van der Waals surface area contributed by atoms with Gasteiger partial charge in [-0.25, -0.2) is 8.42 Å². The molecule has 9 nitrogen and oxygen atoms in total. The summed E-state index contributed by atoms with van der Waals surface area (Å²) < 4.78 is 34.3. The highest BCUT2D eigenvalue weighted by atomic mass is 32.2. The summed E-state index contributed by atoms with van der Waals surface area (Å²) in [5.41, 5.74) is -2.05. The maximum atomic E-state index is 13.5. The lowest BCUT2D eigenvalue weighted by atomic mass is 9.88. The number of carbonyl (C=O) groups is 2. The Morgan fingerprint density at radius 2 is 1.84 bits per heavy atom. The lowest BCUT2D eigenvalue weighted by Crippen LogP contribution is -2.67. The fraction of sp³-hybridized carbons (Fsp3) is 0.500. The highest BCUT2D eigenvalue weighted by Crippen LogP contribution is 2.46. The Bertz CT molecular complexity index is 1060. The molecular weight excluding hydrogens is 440 g/mol. The minimum Gasteiger partial charge on any atom is -0.404 e. The molecule has 11 heteroatoms. The number of Topliss-reactive ketones (excluding diaryl/α,β-unsaturated/α-hetero) is 1. The van der Waals surface area contributed by atoms with Gasteiger partial charge in [0.05, 0.1) is 15.9 Å². The van der Waals surface area contributed by atoms with Gasteiger partial charge in [0.25, 0.3) is 5.69 Å². The maximum Gasteiger partial charge on any atom is 0.269 e. The summed E-state index contributed by atoms with van der Waals surface area (Å²) >= 11 is 0. The topological polar surface area (TPSA) is 124 Å². The molecular formula is C20H26N2O7SSi. The largest absolute Gasteiger partial charge is 0.404 e. The van der Waals surface area contributed by atoms with E-state index in [0.29, 0.717) is 6.29 Å². The van der Waals surface area contributed by atoms with Gasteiger partial charge in [-0.2, -0.15) is 4.31 Å². The van der Waals surface area contributed by atoms with Crippen molar-refractivity contribution in [1.29, 1.82) is 0 Å². The molecule has 2 heterocycles. The Labute approximate surface area is 182 Å². The third-order valence-electron chi connectivity index (χ3n) is 6.40. The average molecular weight is 467 g/mol. The Morgan fingerprint density at radius 1 is 1.26 bits per heavy atom. The van der Waals surface area contributed by atoms with Gasteiger partial charge in [0.2, 0.25) is 10.0 Å². The average Bonchev–Trinajstić information content (AvgIpc) is 2.99. The predicted octanol–water partition coefficient (Wildman–Crippen LogP) is 2.82. The highest BCUT2D eigenvalue weighted by Gasteiger charge is 2.62. The molecule has 2 aliphatic heterocycles. The number of nitro benzene ring substituents is 1. The lowest BCUT2D eigenvalue weighted by molar-refractivity contribution is -0.384. The summed E-state index contributed by atoms with van der Waals surface area (Å²) in [6.45, 7) is 9.81. The van der Waals surface area contributed by atoms with Gasteiger partial charge in [-0.05, 0) is 30.3 Å². The summed E-state index contributed by atoms with van der Waals surface area (Å²) in [6, 6.07) is 3.62. The van der Waals surface area contributed by atoms with E-state index < -0.39 is 40.9 Å². The van der Waals surface area contributed by atoms with Crippen LogP contribution in [0.4, 0.5) is 5.69 Å². The van der Waals surface area contributed by atoms with Crippen molar-refractivity contribution in [3.8, 4) is 0 Å². The summed E-state index contributed by atoms with van der Waals surface area (Å²) in [6.07, 6.45) is 2.08. The Balaban J connectivity index is 2.08. The number of aldehydes is 1. The highest BCUT2D eigenvalue weighted by molar-refractivity contribution is 7.89. The smallest absolute Gasteiger partial charge is 0.269 e. The standard InChI is InChI=1S/C20H26N2O7SSi/c1-19(2,3)31(4,5)29-18-17(24)12-15-10-11-20(18,13-23)21(15)30(27,28)16-8-6-14(7-9-16)22(25)26/h6-11,13,15,18H,12H2,1-5H3/t15-,18+,20-/m0/s1. The number of rotatable bonds is 6. The zero-order chi connectivity index (χ0) is 23.4. The third kappa shape index (κ3) is 3.69. The zero-order valence-electron chi connectivity index (χ0n) is 18.1. The van der Waals surface area contributed by atoms with Crippen LogP contribution in [0.1, 0.15) is 27.2 Å². The number of non-ortho nitro benzene ring substituents is 1. The normalized spacial score (nSPS) is 26.8. The second-order valence-corrected chi connectivity index (χ2v) is 16.0. The van der Waals surface area contributed by atoms with Crippen LogP contribution < -0.4 is 0 Å². The Kier molecular flexibility index (Phi) is 5.62. The summed E-state index contributed by atoms with van der Waals surface area (Å²) in [7, 11) is -6.79. The van der Waals surface area contributed by atoms with Crippen molar-refractivity contribution < 1.29 is 27.4 Å². The number of benzene rings is 1. The Morgan fingerprint density at radius 3 is 2.32 bits per heavy atom. The molecule has 1 aromatic carbocycles. The number of hydrogen-bond donors (Lipinski definition) is 0. The van der Waals surface area contributed by atoms with Crippen molar-refractivity contribution in [3.05, 3.63) is 46.5 Å². The molecule has 0 unspecified atom stereocenters. The van der Waals surface area contributed by atoms with Crippen LogP contribution in [0.5, 0.6) is 0 Å². The van der Waals surface area contributed by atoms with Gasteiger partial charge in [0, 0.05) is 18.6 Å². The van der Waals surface area contributed by atoms with Crippen molar-refractivity contribution in [2.45, 2.75) is 67.9 Å². The monoisotopic (exact) mass is 466 g/mol. The quantitative estimate of drug-likeness (QED) is 0.208. The van der Waals surface area contributed by atoms with E-state index in [-0.39, 0.29) is 27.8 Å².